The van der Waals surface area contributed by atoms with E-state index in [1.165, 1.54) is 4.90 Å². The van der Waals surface area contributed by atoms with Crippen molar-refractivity contribution in [2.75, 3.05) is 54.2 Å². The van der Waals surface area contributed by atoms with Gasteiger partial charge in [-0.05, 0) is 25.5 Å². The Morgan fingerprint density at radius 3 is 2.29 bits per heavy atom. The minimum Gasteiger partial charge on any atom is -0.493 e. The van der Waals surface area contributed by atoms with E-state index in [0.29, 0.717) is 30.4 Å². The van der Waals surface area contributed by atoms with Gasteiger partial charge in [-0.2, -0.15) is 0 Å². The molecule has 0 unspecified atom stereocenters. The van der Waals surface area contributed by atoms with Crippen LogP contribution in [0.4, 0.5) is 0 Å². The summed E-state index contributed by atoms with van der Waals surface area (Å²) >= 11 is 0. The van der Waals surface area contributed by atoms with Crippen LogP contribution in [0.5, 0.6) is 17.2 Å². The summed E-state index contributed by atoms with van der Waals surface area (Å²) in [5.41, 5.74) is 1.14. The molecule has 7 nitrogen and oxygen atoms in total. The van der Waals surface area contributed by atoms with Crippen molar-refractivity contribution in [1.82, 2.24) is 5.32 Å². The first-order valence-electron chi connectivity index (χ1n) is 10.1. The topological polar surface area (TPSA) is 70.5 Å². The molecule has 1 aromatic carbocycles. The van der Waals surface area contributed by atoms with Crippen LogP contribution in [0, 0.1) is 5.92 Å². The van der Waals surface area contributed by atoms with Crippen molar-refractivity contribution in [3.63, 3.8) is 0 Å². The minimum absolute atomic E-state index is 0.121. The molecule has 158 valence electrons. The zero-order valence-corrected chi connectivity index (χ0v) is 17.6. The number of hydrogen-bond acceptors (Lipinski definition) is 5. The maximum Gasteiger partial charge on any atom is 0.223 e. The highest BCUT2D eigenvalue weighted by atomic mass is 16.5. The summed E-state index contributed by atoms with van der Waals surface area (Å²) in [7, 11) is 4.87. The molecule has 2 rings (SSSR count). The van der Waals surface area contributed by atoms with Gasteiger partial charge in [-0.1, -0.05) is 0 Å². The lowest BCUT2D eigenvalue weighted by Gasteiger charge is -2.29. The standard InChI is InChI=1S/C21H34N2O5/c1-5-28-12-6-9-22-21(24)17-7-10-23(11-8-17)15-16-13-18(25-2)20(27-4)19(14-16)26-3/h13-14,17H,5-12,15H2,1-4H3,(H,22,24)/p+1. The molecule has 1 fully saturated rings. The number of carbonyl (C=O) groups is 1. The largest absolute Gasteiger partial charge is 0.493 e. The zero-order chi connectivity index (χ0) is 20.4. The van der Waals surface area contributed by atoms with Crippen LogP contribution in [-0.2, 0) is 16.1 Å². The lowest BCUT2D eigenvalue weighted by molar-refractivity contribution is -0.919. The molecule has 2 N–H and O–H groups in total. The number of rotatable bonds is 11. The van der Waals surface area contributed by atoms with Crippen LogP contribution in [0.1, 0.15) is 31.7 Å². The van der Waals surface area contributed by atoms with E-state index in [1.54, 1.807) is 21.3 Å². The normalized spacial score (nSPS) is 19.1. The summed E-state index contributed by atoms with van der Waals surface area (Å²) in [6.45, 7) is 6.93. The van der Waals surface area contributed by atoms with E-state index in [1.807, 2.05) is 19.1 Å². The Labute approximate surface area is 168 Å². The number of methoxy groups -OCH3 is 3. The SMILES string of the molecule is CCOCCCNC(=O)C1CC[NH+](Cc2cc(OC)c(OC)c(OC)c2)CC1. The smallest absolute Gasteiger partial charge is 0.223 e. The van der Waals surface area contributed by atoms with Gasteiger partial charge in [0.2, 0.25) is 11.7 Å². The van der Waals surface area contributed by atoms with Gasteiger partial charge in [0.05, 0.1) is 34.4 Å². The van der Waals surface area contributed by atoms with Crippen LogP contribution >= 0.6 is 0 Å². The third-order valence-corrected chi connectivity index (χ3v) is 5.21. The highest BCUT2D eigenvalue weighted by molar-refractivity contribution is 5.78. The average molecular weight is 396 g/mol. The second-order valence-electron chi connectivity index (χ2n) is 7.08. The maximum absolute atomic E-state index is 12.3. The molecule has 0 radical (unpaired) electrons. The first kappa shape index (κ1) is 22.3. The molecular weight excluding hydrogens is 360 g/mol. The molecule has 28 heavy (non-hydrogen) atoms. The Bertz CT molecular complexity index is 590. The highest BCUT2D eigenvalue weighted by Crippen LogP contribution is 2.38. The van der Waals surface area contributed by atoms with Crippen molar-refractivity contribution in [3.05, 3.63) is 17.7 Å². The molecule has 0 aliphatic carbocycles. The van der Waals surface area contributed by atoms with Gasteiger partial charge in [0.1, 0.15) is 6.54 Å². The lowest BCUT2D eigenvalue weighted by Crippen LogP contribution is -3.11. The Kier molecular flexibility index (Phi) is 9.37. The molecule has 1 saturated heterocycles. The summed E-state index contributed by atoms with van der Waals surface area (Å²) in [6.07, 6.45) is 2.69. The first-order valence-corrected chi connectivity index (χ1v) is 10.1. The van der Waals surface area contributed by atoms with E-state index >= 15 is 0 Å². The van der Waals surface area contributed by atoms with Gasteiger partial charge < -0.3 is 29.2 Å². The van der Waals surface area contributed by atoms with Gasteiger partial charge in [-0.25, -0.2) is 0 Å². The molecule has 1 aromatic rings. The maximum atomic E-state index is 12.3. The van der Waals surface area contributed by atoms with E-state index in [0.717, 1.165) is 51.1 Å². The monoisotopic (exact) mass is 395 g/mol. The number of ether oxygens (including phenoxy) is 4. The summed E-state index contributed by atoms with van der Waals surface area (Å²) in [6, 6.07) is 4.01. The molecule has 1 aliphatic rings. The Morgan fingerprint density at radius 2 is 1.75 bits per heavy atom. The number of quaternary nitrogens is 1. The zero-order valence-electron chi connectivity index (χ0n) is 17.6. The van der Waals surface area contributed by atoms with E-state index in [4.69, 9.17) is 18.9 Å². The molecule has 7 heteroatoms. The van der Waals surface area contributed by atoms with Crippen LogP contribution < -0.4 is 24.4 Å². The molecular formula is C21H35N2O5+. The van der Waals surface area contributed by atoms with Crippen LogP contribution in [0.25, 0.3) is 0 Å². The predicted octanol–water partition coefficient (Wildman–Crippen LogP) is 1.05. The van der Waals surface area contributed by atoms with E-state index in [2.05, 4.69) is 5.32 Å². The molecule has 1 amide bonds. The van der Waals surface area contributed by atoms with Gasteiger partial charge in [0.15, 0.2) is 11.5 Å². The molecule has 0 atom stereocenters. The number of nitrogens with one attached hydrogen (secondary N) is 2. The fourth-order valence-corrected chi connectivity index (χ4v) is 3.67. The van der Waals surface area contributed by atoms with Gasteiger partial charge in [-0.15, -0.1) is 0 Å². The van der Waals surface area contributed by atoms with Crippen LogP contribution in [0.2, 0.25) is 0 Å². The molecule has 1 heterocycles. The van der Waals surface area contributed by atoms with Gasteiger partial charge >= 0.3 is 0 Å². The predicted molar refractivity (Wildman–Crippen MR) is 107 cm³/mol. The van der Waals surface area contributed by atoms with Gasteiger partial charge in [0, 0.05) is 44.1 Å². The van der Waals surface area contributed by atoms with Crippen molar-refractivity contribution in [2.24, 2.45) is 5.92 Å². The molecule has 0 bridgehead atoms. The van der Waals surface area contributed by atoms with Crippen molar-refractivity contribution in [3.8, 4) is 17.2 Å². The molecule has 0 spiro atoms. The van der Waals surface area contributed by atoms with Crippen LogP contribution in [0.3, 0.4) is 0 Å². The minimum atomic E-state index is 0.121. The van der Waals surface area contributed by atoms with E-state index in [9.17, 15) is 4.79 Å². The quantitative estimate of drug-likeness (QED) is 0.548. The van der Waals surface area contributed by atoms with E-state index in [-0.39, 0.29) is 11.8 Å². The Balaban J connectivity index is 1.83. The lowest BCUT2D eigenvalue weighted by atomic mass is 9.95. The third kappa shape index (κ3) is 6.27. The fourth-order valence-electron chi connectivity index (χ4n) is 3.67. The number of amides is 1. The molecule has 0 aromatic heterocycles. The van der Waals surface area contributed by atoms with Crippen LogP contribution in [0.15, 0.2) is 12.1 Å². The second-order valence-corrected chi connectivity index (χ2v) is 7.08. The third-order valence-electron chi connectivity index (χ3n) is 5.21. The van der Waals surface area contributed by atoms with Crippen molar-refractivity contribution < 1.29 is 28.6 Å². The number of benzene rings is 1. The Hall–Kier alpha value is -1.99. The number of piperidine rings is 1. The van der Waals surface area contributed by atoms with Crippen LogP contribution in [-0.4, -0.2) is 60.1 Å². The van der Waals surface area contributed by atoms with E-state index < -0.39 is 0 Å². The molecule has 0 saturated carbocycles. The highest BCUT2D eigenvalue weighted by Gasteiger charge is 2.27. The average Bonchev–Trinajstić information content (AvgIpc) is 2.73. The fraction of sp³-hybridized carbons (Fsp3) is 0.667. The summed E-state index contributed by atoms with van der Waals surface area (Å²) < 4.78 is 21.6. The van der Waals surface area contributed by atoms with Crippen molar-refractivity contribution >= 4 is 5.91 Å². The van der Waals surface area contributed by atoms with Crippen molar-refractivity contribution in [1.29, 1.82) is 0 Å². The summed E-state index contributed by atoms with van der Waals surface area (Å²) in [4.78, 5) is 13.8. The Morgan fingerprint density at radius 1 is 1.11 bits per heavy atom. The second kappa shape index (κ2) is 11.8. The first-order chi connectivity index (χ1) is 13.6. The summed E-state index contributed by atoms with van der Waals surface area (Å²) in [5, 5.41) is 3.04. The number of hydrogen-bond donors (Lipinski definition) is 2. The summed E-state index contributed by atoms with van der Waals surface area (Å²) in [5.74, 6) is 2.28. The number of carbonyl (C=O) groups excluding carboxylic acids is 1. The van der Waals surface area contributed by atoms with Crippen molar-refractivity contribution in [2.45, 2.75) is 32.7 Å². The van der Waals surface area contributed by atoms with Gasteiger partial charge in [0.25, 0.3) is 0 Å². The number of likely N-dealkylation sites (tertiary alicyclic amines) is 1. The molecule has 1 aliphatic heterocycles. The van der Waals surface area contributed by atoms with Gasteiger partial charge in [-0.3, -0.25) is 4.79 Å².